The van der Waals surface area contributed by atoms with E-state index in [0.29, 0.717) is 11.4 Å². The molecule has 1 heterocycles. The van der Waals surface area contributed by atoms with Crippen LogP contribution in [0.25, 0.3) is 11.0 Å². The Morgan fingerprint density at radius 3 is 2.48 bits per heavy atom. The molecule has 1 aromatic heterocycles. The van der Waals surface area contributed by atoms with Gasteiger partial charge in [0.15, 0.2) is 0 Å². The lowest BCUT2D eigenvalue weighted by Gasteiger charge is -2.16. The Labute approximate surface area is 180 Å². The highest BCUT2D eigenvalue weighted by molar-refractivity contribution is 5.94. The van der Waals surface area contributed by atoms with Gasteiger partial charge >= 0.3 is 0 Å². The van der Waals surface area contributed by atoms with Crippen LogP contribution >= 0.6 is 0 Å². The summed E-state index contributed by atoms with van der Waals surface area (Å²) in [5, 5.41) is 5.93. The van der Waals surface area contributed by atoms with Crippen LogP contribution in [0, 0.1) is 6.92 Å². The summed E-state index contributed by atoms with van der Waals surface area (Å²) < 4.78 is 1.86. The number of amides is 2. The van der Waals surface area contributed by atoms with Gasteiger partial charge in [-0.15, -0.1) is 0 Å². The van der Waals surface area contributed by atoms with Gasteiger partial charge in [0, 0.05) is 11.3 Å². The number of benzene rings is 3. The number of carbonyl (C=O) groups excluding carboxylic acids is 2. The molecule has 1 unspecified atom stereocenters. The molecule has 0 saturated carbocycles. The summed E-state index contributed by atoms with van der Waals surface area (Å²) in [7, 11) is 0. The van der Waals surface area contributed by atoms with Crippen LogP contribution in [0.4, 0.5) is 5.69 Å². The number of nitrogens with one attached hydrogen (secondary N) is 2. The maximum Gasteiger partial charge on any atom is 0.251 e. The van der Waals surface area contributed by atoms with Crippen molar-refractivity contribution in [1.29, 1.82) is 0 Å². The average Bonchev–Trinajstić information content (AvgIpc) is 3.13. The van der Waals surface area contributed by atoms with Gasteiger partial charge in [0.2, 0.25) is 5.91 Å². The Morgan fingerprint density at radius 1 is 0.968 bits per heavy atom. The van der Waals surface area contributed by atoms with Crippen LogP contribution in [-0.2, 0) is 11.3 Å². The molecule has 4 aromatic rings. The summed E-state index contributed by atoms with van der Waals surface area (Å²) in [6.45, 7) is 3.95. The number of carbonyl (C=O) groups is 2. The third kappa shape index (κ3) is 4.64. The number of hydrogen-bond acceptors (Lipinski definition) is 3. The highest BCUT2D eigenvalue weighted by Gasteiger charge is 2.20. The second-order valence-electron chi connectivity index (χ2n) is 7.52. The highest BCUT2D eigenvalue weighted by Crippen LogP contribution is 2.21. The molecule has 0 bridgehead atoms. The van der Waals surface area contributed by atoms with Gasteiger partial charge in [0.05, 0.1) is 17.1 Å². The molecule has 4 rings (SSSR count). The first-order valence-corrected chi connectivity index (χ1v) is 10.2. The number of para-hydroxylation sites is 2. The number of fused-ring (bicyclic) bond motifs is 1. The van der Waals surface area contributed by atoms with Crippen LogP contribution in [0.2, 0.25) is 0 Å². The molecule has 0 radical (unpaired) electrons. The van der Waals surface area contributed by atoms with Gasteiger partial charge in [-0.1, -0.05) is 42.5 Å². The van der Waals surface area contributed by atoms with E-state index < -0.39 is 0 Å². The zero-order valence-electron chi connectivity index (χ0n) is 17.5. The second-order valence-corrected chi connectivity index (χ2v) is 7.52. The van der Waals surface area contributed by atoms with E-state index in [2.05, 4.69) is 10.6 Å². The first kappa shape index (κ1) is 20.3. The molecule has 0 aliphatic rings. The summed E-state index contributed by atoms with van der Waals surface area (Å²) in [4.78, 5) is 30.1. The van der Waals surface area contributed by atoms with Crippen molar-refractivity contribution >= 4 is 28.5 Å². The number of nitrogens with zero attached hydrogens (tertiary/aromatic N) is 2. The number of aryl methyl sites for hydroxylation is 1. The van der Waals surface area contributed by atoms with Crippen molar-refractivity contribution in [3.05, 3.63) is 95.8 Å². The number of imidazole rings is 1. The lowest BCUT2D eigenvalue weighted by Crippen LogP contribution is -2.30. The van der Waals surface area contributed by atoms with E-state index in [9.17, 15) is 9.59 Å². The predicted molar refractivity (Wildman–Crippen MR) is 122 cm³/mol. The van der Waals surface area contributed by atoms with Crippen molar-refractivity contribution < 1.29 is 9.59 Å². The summed E-state index contributed by atoms with van der Waals surface area (Å²) in [6.07, 6.45) is 0. The van der Waals surface area contributed by atoms with E-state index in [1.54, 1.807) is 12.1 Å². The number of anilines is 1. The van der Waals surface area contributed by atoms with Crippen LogP contribution in [0.15, 0.2) is 78.9 Å². The molecule has 0 saturated heterocycles. The van der Waals surface area contributed by atoms with E-state index >= 15 is 0 Å². The van der Waals surface area contributed by atoms with E-state index in [1.807, 2.05) is 85.1 Å². The van der Waals surface area contributed by atoms with E-state index in [4.69, 9.17) is 4.98 Å². The maximum atomic E-state index is 12.8. The van der Waals surface area contributed by atoms with Gasteiger partial charge in [0.25, 0.3) is 5.91 Å². The minimum atomic E-state index is -0.383. The fourth-order valence-electron chi connectivity index (χ4n) is 3.59. The summed E-state index contributed by atoms with van der Waals surface area (Å²) in [5.74, 6) is 0.289. The fraction of sp³-hybridized carbons (Fsp3) is 0.160. The fourth-order valence-corrected chi connectivity index (χ4v) is 3.59. The van der Waals surface area contributed by atoms with Gasteiger partial charge in [-0.05, 0) is 55.8 Å². The number of aromatic nitrogens is 2. The Hall–Kier alpha value is -3.93. The van der Waals surface area contributed by atoms with Crippen molar-refractivity contribution in [2.75, 3.05) is 5.32 Å². The molecule has 0 aliphatic carbocycles. The predicted octanol–water partition coefficient (Wildman–Crippen LogP) is 4.47. The van der Waals surface area contributed by atoms with E-state index in [1.165, 1.54) is 0 Å². The summed E-state index contributed by atoms with van der Waals surface area (Å²) in [6, 6.07) is 24.0. The molecule has 2 amide bonds. The van der Waals surface area contributed by atoms with Gasteiger partial charge in [0.1, 0.15) is 12.4 Å². The van der Waals surface area contributed by atoms with Gasteiger partial charge < -0.3 is 15.2 Å². The van der Waals surface area contributed by atoms with Crippen LogP contribution in [0.5, 0.6) is 0 Å². The molecular weight excluding hydrogens is 388 g/mol. The molecule has 0 aliphatic heterocycles. The molecule has 6 nitrogen and oxygen atoms in total. The average molecular weight is 412 g/mol. The van der Waals surface area contributed by atoms with Gasteiger partial charge in [-0.2, -0.15) is 0 Å². The summed E-state index contributed by atoms with van der Waals surface area (Å²) in [5.41, 5.74) is 4.03. The zero-order valence-corrected chi connectivity index (χ0v) is 17.5. The monoisotopic (exact) mass is 412 g/mol. The van der Waals surface area contributed by atoms with Crippen molar-refractivity contribution in [2.45, 2.75) is 26.4 Å². The van der Waals surface area contributed by atoms with E-state index in [0.717, 1.165) is 22.3 Å². The highest BCUT2D eigenvalue weighted by atomic mass is 16.2. The molecule has 6 heteroatoms. The molecular formula is C25H24N4O2. The van der Waals surface area contributed by atoms with Crippen LogP contribution in [0.3, 0.4) is 0 Å². The van der Waals surface area contributed by atoms with Gasteiger partial charge in [-0.3, -0.25) is 9.59 Å². The molecule has 156 valence electrons. The van der Waals surface area contributed by atoms with Crippen molar-refractivity contribution in [1.82, 2.24) is 14.9 Å². The minimum absolute atomic E-state index is 0.0926. The first-order chi connectivity index (χ1) is 15.0. The van der Waals surface area contributed by atoms with Crippen molar-refractivity contribution in [2.24, 2.45) is 0 Å². The Balaban J connectivity index is 1.59. The maximum absolute atomic E-state index is 12.8. The Bertz CT molecular complexity index is 1230. The molecule has 3 aromatic carbocycles. The standard InChI is InChI=1S/C25H24N4O2/c1-17-9-8-12-20(15-17)27-23(30)16-29-22-14-7-6-13-21(22)28-24(29)18(2)26-25(31)19-10-4-3-5-11-19/h3-15,18H,16H2,1-2H3,(H,26,31)(H,27,30). The van der Waals surface area contributed by atoms with Crippen LogP contribution in [-0.4, -0.2) is 21.4 Å². The lowest BCUT2D eigenvalue weighted by molar-refractivity contribution is -0.116. The molecule has 0 spiro atoms. The largest absolute Gasteiger partial charge is 0.342 e. The molecule has 31 heavy (non-hydrogen) atoms. The molecule has 0 fully saturated rings. The number of hydrogen-bond donors (Lipinski definition) is 2. The van der Waals surface area contributed by atoms with Crippen molar-refractivity contribution in [3.63, 3.8) is 0 Å². The van der Waals surface area contributed by atoms with Crippen molar-refractivity contribution in [3.8, 4) is 0 Å². The minimum Gasteiger partial charge on any atom is -0.342 e. The topological polar surface area (TPSA) is 76.0 Å². The SMILES string of the molecule is Cc1cccc(NC(=O)Cn2c(C(C)NC(=O)c3ccccc3)nc3ccccc32)c1. The lowest BCUT2D eigenvalue weighted by atomic mass is 10.2. The molecule has 1 atom stereocenters. The first-order valence-electron chi connectivity index (χ1n) is 10.2. The normalized spacial score (nSPS) is 11.8. The Morgan fingerprint density at radius 2 is 1.71 bits per heavy atom. The van der Waals surface area contributed by atoms with Crippen LogP contribution < -0.4 is 10.6 Å². The van der Waals surface area contributed by atoms with E-state index in [-0.39, 0.29) is 24.4 Å². The summed E-state index contributed by atoms with van der Waals surface area (Å²) >= 11 is 0. The zero-order chi connectivity index (χ0) is 21.8. The number of rotatable bonds is 6. The van der Waals surface area contributed by atoms with Gasteiger partial charge in [-0.25, -0.2) is 4.98 Å². The second kappa shape index (κ2) is 8.83. The Kier molecular flexibility index (Phi) is 5.80. The third-order valence-electron chi connectivity index (χ3n) is 5.06. The smallest absolute Gasteiger partial charge is 0.251 e. The quantitative estimate of drug-likeness (QED) is 0.490. The van der Waals surface area contributed by atoms with Crippen LogP contribution in [0.1, 0.15) is 34.7 Å². The third-order valence-corrected chi connectivity index (χ3v) is 5.06. The molecule has 2 N–H and O–H groups in total.